The van der Waals surface area contributed by atoms with Crippen LogP contribution in [-0.4, -0.2) is 41.7 Å². The molecule has 0 fully saturated rings. The Hall–Kier alpha value is -2.19. The van der Waals surface area contributed by atoms with Gasteiger partial charge in [-0.1, -0.05) is 30.7 Å². The van der Waals surface area contributed by atoms with E-state index in [9.17, 15) is 18.0 Å². The molecule has 0 spiro atoms. The van der Waals surface area contributed by atoms with E-state index >= 15 is 0 Å². The number of thioether (sulfide) groups is 1. The minimum absolute atomic E-state index is 0.0163. The van der Waals surface area contributed by atoms with Gasteiger partial charge in [-0.2, -0.15) is 30.0 Å². The van der Waals surface area contributed by atoms with Crippen LogP contribution in [0.5, 0.6) is 0 Å². The Morgan fingerprint density at radius 2 is 1.85 bits per heavy atom. The Labute approximate surface area is 201 Å². The maximum Gasteiger partial charge on any atom is 0.416 e. The predicted octanol–water partition coefficient (Wildman–Crippen LogP) is 6.56. The second-order valence-corrected chi connectivity index (χ2v) is 9.55. The Morgan fingerprint density at radius 3 is 2.42 bits per heavy atom. The molecule has 0 radical (unpaired) electrons. The zero-order valence-corrected chi connectivity index (χ0v) is 20.2. The fraction of sp³-hybridized carbons (Fsp3) is 0.417. The SMILES string of the molecule is CCC1(CCCSC)CN(CC(=O)Nc2ccc(C(F)(F)F)cc2)N=C1c1ccc(Cl)cc1. The number of nitrogens with one attached hydrogen (secondary N) is 1. The molecule has 33 heavy (non-hydrogen) atoms. The number of nitrogens with zero attached hydrogens (tertiary/aromatic N) is 2. The highest BCUT2D eigenvalue weighted by Gasteiger charge is 2.41. The van der Waals surface area contributed by atoms with Gasteiger partial charge in [0.1, 0.15) is 6.54 Å². The van der Waals surface area contributed by atoms with Gasteiger partial charge in [-0.3, -0.25) is 9.80 Å². The number of amides is 1. The molecule has 1 aliphatic rings. The molecule has 1 amide bonds. The van der Waals surface area contributed by atoms with E-state index in [-0.39, 0.29) is 17.9 Å². The second kappa shape index (κ2) is 10.8. The number of hydrogen-bond donors (Lipinski definition) is 1. The number of carbonyl (C=O) groups excluding carboxylic acids is 1. The largest absolute Gasteiger partial charge is 0.416 e. The van der Waals surface area contributed by atoms with Gasteiger partial charge >= 0.3 is 6.18 Å². The van der Waals surface area contributed by atoms with E-state index in [0.717, 1.165) is 48.4 Å². The van der Waals surface area contributed by atoms with Crippen molar-refractivity contribution in [1.29, 1.82) is 0 Å². The topological polar surface area (TPSA) is 44.7 Å². The van der Waals surface area contributed by atoms with Crippen LogP contribution in [-0.2, 0) is 11.0 Å². The molecule has 3 rings (SSSR count). The van der Waals surface area contributed by atoms with E-state index in [1.807, 2.05) is 24.3 Å². The van der Waals surface area contributed by atoms with Crippen molar-refractivity contribution in [2.24, 2.45) is 10.5 Å². The molecule has 178 valence electrons. The van der Waals surface area contributed by atoms with Crippen molar-refractivity contribution in [2.45, 2.75) is 32.4 Å². The third-order valence-electron chi connectivity index (χ3n) is 5.85. The number of benzene rings is 2. The molecule has 9 heteroatoms. The first-order chi connectivity index (χ1) is 15.7. The lowest BCUT2D eigenvalue weighted by atomic mass is 9.74. The Morgan fingerprint density at radius 1 is 1.18 bits per heavy atom. The van der Waals surface area contributed by atoms with E-state index < -0.39 is 11.7 Å². The Kier molecular flexibility index (Phi) is 8.34. The van der Waals surface area contributed by atoms with Gasteiger partial charge in [-0.05, 0) is 73.2 Å². The molecular weight excluding hydrogens is 471 g/mol. The molecule has 1 unspecified atom stereocenters. The molecule has 0 saturated heterocycles. The molecule has 1 atom stereocenters. The van der Waals surface area contributed by atoms with E-state index in [2.05, 4.69) is 18.5 Å². The second-order valence-electron chi connectivity index (χ2n) is 8.13. The lowest BCUT2D eigenvalue weighted by Gasteiger charge is -2.30. The zero-order valence-electron chi connectivity index (χ0n) is 18.6. The maximum absolute atomic E-state index is 12.8. The number of rotatable bonds is 9. The van der Waals surface area contributed by atoms with Crippen LogP contribution in [0.25, 0.3) is 0 Å². The first-order valence-corrected chi connectivity index (χ1v) is 12.5. The summed E-state index contributed by atoms with van der Waals surface area (Å²) in [5, 5.41) is 9.88. The van der Waals surface area contributed by atoms with Crippen LogP contribution in [0, 0.1) is 5.41 Å². The number of hydrazone groups is 1. The van der Waals surface area contributed by atoms with E-state index in [1.165, 1.54) is 12.1 Å². The smallest absolute Gasteiger partial charge is 0.324 e. The van der Waals surface area contributed by atoms with E-state index in [4.69, 9.17) is 16.7 Å². The van der Waals surface area contributed by atoms with Crippen LogP contribution >= 0.6 is 23.4 Å². The average Bonchev–Trinajstić information content (AvgIpc) is 3.12. The van der Waals surface area contributed by atoms with Gasteiger partial charge in [0.15, 0.2) is 0 Å². The highest BCUT2D eigenvalue weighted by molar-refractivity contribution is 7.98. The molecular formula is C24H27ClF3N3OS. The molecule has 0 bridgehead atoms. The van der Waals surface area contributed by atoms with Crippen molar-refractivity contribution in [1.82, 2.24) is 5.01 Å². The third-order valence-corrected chi connectivity index (χ3v) is 6.80. The average molecular weight is 498 g/mol. The molecule has 0 aromatic heterocycles. The van der Waals surface area contributed by atoms with Gasteiger partial charge in [0.05, 0.1) is 11.3 Å². The van der Waals surface area contributed by atoms with Gasteiger partial charge in [-0.25, -0.2) is 0 Å². The summed E-state index contributed by atoms with van der Waals surface area (Å²) in [7, 11) is 0. The summed E-state index contributed by atoms with van der Waals surface area (Å²) in [4.78, 5) is 12.6. The summed E-state index contributed by atoms with van der Waals surface area (Å²) in [5.74, 6) is 0.717. The normalized spacial score (nSPS) is 18.4. The molecule has 1 aliphatic heterocycles. The number of alkyl halides is 3. The first kappa shape index (κ1) is 25.4. The fourth-order valence-corrected chi connectivity index (χ4v) is 4.65. The molecule has 1 heterocycles. The highest BCUT2D eigenvalue weighted by atomic mass is 35.5. The molecule has 0 saturated carbocycles. The van der Waals surface area contributed by atoms with Gasteiger partial charge in [0.2, 0.25) is 5.91 Å². The first-order valence-electron chi connectivity index (χ1n) is 10.7. The minimum Gasteiger partial charge on any atom is -0.324 e. The molecule has 1 N–H and O–H groups in total. The monoisotopic (exact) mass is 497 g/mol. The summed E-state index contributed by atoms with van der Waals surface area (Å²) in [6.07, 6.45) is 0.528. The number of halogens is 4. The minimum atomic E-state index is -4.41. The van der Waals surface area contributed by atoms with Gasteiger partial charge in [0, 0.05) is 22.7 Å². The van der Waals surface area contributed by atoms with Crippen LogP contribution in [0.4, 0.5) is 18.9 Å². The quantitative estimate of drug-likeness (QED) is 0.399. The van der Waals surface area contributed by atoms with E-state index in [0.29, 0.717) is 17.3 Å². The van der Waals surface area contributed by atoms with Crippen LogP contribution in [0.15, 0.2) is 53.6 Å². The zero-order chi connectivity index (χ0) is 24.1. The number of carbonyl (C=O) groups is 1. The van der Waals surface area contributed by atoms with Crippen LogP contribution < -0.4 is 5.32 Å². The molecule has 2 aromatic rings. The van der Waals surface area contributed by atoms with E-state index in [1.54, 1.807) is 16.8 Å². The lowest BCUT2D eigenvalue weighted by molar-refractivity contribution is -0.137. The lowest BCUT2D eigenvalue weighted by Crippen LogP contribution is -2.36. The van der Waals surface area contributed by atoms with Crippen molar-refractivity contribution in [3.8, 4) is 0 Å². The van der Waals surface area contributed by atoms with Crippen molar-refractivity contribution >= 4 is 40.7 Å². The maximum atomic E-state index is 12.8. The van der Waals surface area contributed by atoms with Crippen molar-refractivity contribution in [2.75, 3.05) is 30.4 Å². The predicted molar refractivity (Wildman–Crippen MR) is 130 cm³/mol. The van der Waals surface area contributed by atoms with Gasteiger partial charge in [0.25, 0.3) is 0 Å². The third kappa shape index (κ3) is 6.44. The Balaban J connectivity index is 1.75. The van der Waals surface area contributed by atoms with Gasteiger partial charge < -0.3 is 5.32 Å². The highest BCUT2D eigenvalue weighted by Crippen LogP contribution is 2.39. The number of hydrogen-bond acceptors (Lipinski definition) is 4. The molecule has 2 aromatic carbocycles. The standard InChI is InChI=1S/C24H27ClF3N3OS/c1-3-23(13-4-14-33-2)16-31(30-22(23)17-5-9-19(25)10-6-17)15-21(32)29-20-11-7-18(8-12-20)24(26,27)28/h5-12H,3-4,13-16H2,1-2H3,(H,29,32). The summed E-state index contributed by atoms with van der Waals surface area (Å²) >= 11 is 7.87. The summed E-state index contributed by atoms with van der Waals surface area (Å²) in [6, 6.07) is 12.0. The summed E-state index contributed by atoms with van der Waals surface area (Å²) in [6.45, 7) is 2.76. The molecule has 0 aliphatic carbocycles. The van der Waals surface area contributed by atoms with Gasteiger partial charge in [-0.15, -0.1) is 0 Å². The van der Waals surface area contributed by atoms with Crippen LogP contribution in [0.3, 0.4) is 0 Å². The molecule has 4 nitrogen and oxygen atoms in total. The van der Waals surface area contributed by atoms with Crippen molar-refractivity contribution in [3.05, 3.63) is 64.7 Å². The Bertz CT molecular complexity index is 980. The fourth-order valence-electron chi connectivity index (χ4n) is 4.09. The van der Waals surface area contributed by atoms with Crippen LogP contribution in [0.2, 0.25) is 5.02 Å². The van der Waals surface area contributed by atoms with Crippen molar-refractivity contribution < 1.29 is 18.0 Å². The summed E-state index contributed by atoms with van der Waals surface area (Å²) in [5.41, 5.74) is 1.31. The van der Waals surface area contributed by atoms with Crippen LogP contribution in [0.1, 0.15) is 37.3 Å². The summed E-state index contributed by atoms with van der Waals surface area (Å²) < 4.78 is 38.3. The number of anilines is 1. The van der Waals surface area contributed by atoms with Crippen molar-refractivity contribution in [3.63, 3.8) is 0 Å².